The van der Waals surface area contributed by atoms with Gasteiger partial charge in [0.25, 0.3) is 5.91 Å². The van der Waals surface area contributed by atoms with Crippen LogP contribution in [0.3, 0.4) is 0 Å². The average Bonchev–Trinajstić information content (AvgIpc) is 3.04. The fourth-order valence-electron chi connectivity index (χ4n) is 2.99. The lowest BCUT2D eigenvalue weighted by Gasteiger charge is -2.13. The summed E-state index contributed by atoms with van der Waals surface area (Å²) in [4.78, 5) is 17.8. The Kier molecular flexibility index (Phi) is 8.07. The molecular formula is C22H27IN4O2. The molecule has 0 aliphatic rings. The van der Waals surface area contributed by atoms with Crippen molar-refractivity contribution >= 4 is 46.8 Å². The van der Waals surface area contributed by atoms with Crippen LogP contribution >= 0.6 is 24.0 Å². The molecule has 7 heteroatoms. The number of amides is 1. The molecule has 0 aliphatic carbocycles. The van der Waals surface area contributed by atoms with Crippen molar-refractivity contribution in [1.29, 1.82) is 0 Å². The van der Waals surface area contributed by atoms with Crippen LogP contribution in [0.2, 0.25) is 0 Å². The van der Waals surface area contributed by atoms with E-state index in [0.717, 1.165) is 27.9 Å². The van der Waals surface area contributed by atoms with Crippen LogP contribution in [0.25, 0.3) is 11.0 Å². The fourth-order valence-corrected chi connectivity index (χ4v) is 2.99. The summed E-state index contributed by atoms with van der Waals surface area (Å²) in [6.45, 7) is 3.22. The molecule has 2 N–H and O–H groups in total. The summed E-state index contributed by atoms with van der Waals surface area (Å²) in [6.07, 6.45) is 0. The van der Waals surface area contributed by atoms with Crippen molar-refractivity contribution in [2.24, 2.45) is 4.99 Å². The Morgan fingerprint density at radius 2 is 1.69 bits per heavy atom. The molecular weight excluding hydrogens is 479 g/mol. The predicted molar refractivity (Wildman–Crippen MR) is 128 cm³/mol. The quantitative estimate of drug-likeness (QED) is 0.313. The van der Waals surface area contributed by atoms with Gasteiger partial charge in [0.05, 0.1) is 6.54 Å². The van der Waals surface area contributed by atoms with Gasteiger partial charge in [-0.15, -0.1) is 24.0 Å². The largest absolute Gasteiger partial charge is 0.459 e. The first-order chi connectivity index (χ1) is 13.5. The minimum absolute atomic E-state index is 0. The third-order valence-electron chi connectivity index (χ3n) is 4.65. The highest BCUT2D eigenvalue weighted by Gasteiger charge is 2.11. The number of guanidine groups is 1. The molecule has 154 valence electrons. The van der Waals surface area contributed by atoms with Crippen molar-refractivity contribution in [2.75, 3.05) is 21.1 Å². The molecule has 0 atom stereocenters. The van der Waals surface area contributed by atoms with Crippen LogP contribution in [0.15, 0.2) is 57.9 Å². The second-order valence-electron chi connectivity index (χ2n) is 6.82. The second kappa shape index (κ2) is 10.3. The molecule has 0 saturated carbocycles. The lowest BCUT2D eigenvalue weighted by molar-refractivity contribution is 0.0827. The number of nitrogens with one attached hydrogen (secondary N) is 2. The maximum Gasteiger partial charge on any atom is 0.253 e. The molecule has 0 bridgehead atoms. The molecule has 3 aromatic rings. The second-order valence-corrected chi connectivity index (χ2v) is 6.82. The third kappa shape index (κ3) is 5.50. The van der Waals surface area contributed by atoms with Gasteiger partial charge < -0.3 is 20.0 Å². The van der Waals surface area contributed by atoms with Gasteiger partial charge in [0, 0.05) is 44.2 Å². The van der Waals surface area contributed by atoms with E-state index < -0.39 is 0 Å². The van der Waals surface area contributed by atoms with Gasteiger partial charge in [0.1, 0.15) is 11.3 Å². The molecule has 0 spiro atoms. The summed E-state index contributed by atoms with van der Waals surface area (Å²) in [6, 6.07) is 15.6. The maximum absolute atomic E-state index is 12.0. The standard InChI is InChI=1S/C22H26N4O2.HI/c1-15-18-7-5-6-8-19(18)28-20(15)14-25-22(23-2)24-13-16-9-11-17(12-10-16)21(27)26(3)4;/h5-12H,13-14H2,1-4H3,(H2,23,24,25);1H. The van der Waals surface area contributed by atoms with Gasteiger partial charge in [-0.05, 0) is 30.7 Å². The maximum atomic E-state index is 12.0. The Labute approximate surface area is 188 Å². The number of benzene rings is 2. The summed E-state index contributed by atoms with van der Waals surface area (Å²) in [7, 11) is 5.23. The van der Waals surface area contributed by atoms with Crippen LogP contribution in [0, 0.1) is 6.92 Å². The van der Waals surface area contributed by atoms with E-state index in [1.807, 2.05) is 42.5 Å². The molecule has 0 unspecified atom stereocenters. The molecule has 0 saturated heterocycles. The van der Waals surface area contributed by atoms with Gasteiger partial charge in [0.2, 0.25) is 0 Å². The summed E-state index contributed by atoms with van der Waals surface area (Å²) < 4.78 is 5.93. The summed E-state index contributed by atoms with van der Waals surface area (Å²) in [5, 5.41) is 7.70. The Morgan fingerprint density at radius 3 is 2.31 bits per heavy atom. The Morgan fingerprint density at radius 1 is 1.03 bits per heavy atom. The van der Waals surface area contributed by atoms with E-state index in [0.29, 0.717) is 24.6 Å². The number of rotatable bonds is 5. The van der Waals surface area contributed by atoms with Crippen LogP contribution in [-0.4, -0.2) is 37.9 Å². The van der Waals surface area contributed by atoms with Gasteiger partial charge >= 0.3 is 0 Å². The van der Waals surface area contributed by atoms with E-state index in [-0.39, 0.29) is 29.9 Å². The SMILES string of the molecule is CN=C(NCc1ccc(C(=O)N(C)C)cc1)NCc1oc2ccccc2c1C.I. The minimum atomic E-state index is -0.00168. The molecule has 0 aliphatic heterocycles. The van der Waals surface area contributed by atoms with E-state index in [9.17, 15) is 4.79 Å². The molecule has 1 aromatic heterocycles. The van der Waals surface area contributed by atoms with Crippen LogP contribution in [0.4, 0.5) is 0 Å². The average molecular weight is 506 g/mol. The number of nitrogens with zero attached hydrogens (tertiary/aromatic N) is 2. The summed E-state index contributed by atoms with van der Waals surface area (Å²) in [5.41, 5.74) is 3.78. The van der Waals surface area contributed by atoms with Crippen LogP contribution in [0.1, 0.15) is 27.2 Å². The van der Waals surface area contributed by atoms with Gasteiger partial charge in [-0.1, -0.05) is 30.3 Å². The van der Waals surface area contributed by atoms with Crippen molar-refractivity contribution in [3.05, 3.63) is 71.0 Å². The first-order valence-corrected chi connectivity index (χ1v) is 9.21. The molecule has 29 heavy (non-hydrogen) atoms. The molecule has 2 aromatic carbocycles. The molecule has 3 rings (SSSR count). The molecule has 0 radical (unpaired) electrons. The van der Waals surface area contributed by atoms with E-state index in [4.69, 9.17) is 4.42 Å². The zero-order chi connectivity index (χ0) is 20.1. The zero-order valence-electron chi connectivity index (χ0n) is 17.2. The lowest BCUT2D eigenvalue weighted by Crippen LogP contribution is -2.36. The minimum Gasteiger partial charge on any atom is -0.459 e. The van der Waals surface area contributed by atoms with Crippen LogP contribution in [-0.2, 0) is 13.1 Å². The molecule has 0 fully saturated rings. The lowest BCUT2D eigenvalue weighted by atomic mass is 10.1. The highest BCUT2D eigenvalue weighted by Crippen LogP contribution is 2.24. The van der Waals surface area contributed by atoms with Gasteiger partial charge in [-0.3, -0.25) is 9.79 Å². The van der Waals surface area contributed by atoms with E-state index in [2.05, 4.69) is 28.6 Å². The van der Waals surface area contributed by atoms with Crippen molar-refractivity contribution in [2.45, 2.75) is 20.0 Å². The highest BCUT2D eigenvalue weighted by molar-refractivity contribution is 14.0. The number of aryl methyl sites for hydroxylation is 1. The van der Waals surface area contributed by atoms with Crippen molar-refractivity contribution in [1.82, 2.24) is 15.5 Å². The third-order valence-corrected chi connectivity index (χ3v) is 4.65. The smallest absolute Gasteiger partial charge is 0.253 e. The number of fused-ring (bicyclic) bond motifs is 1. The highest BCUT2D eigenvalue weighted by atomic mass is 127. The van der Waals surface area contributed by atoms with E-state index in [1.165, 1.54) is 0 Å². The Bertz CT molecular complexity index is 994. The molecule has 1 heterocycles. The first-order valence-electron chi connectivity index (χ1n) is 9.21. The van der Waals surface area contributed by atoms with Crippen molar-refractivity contribution in [3.63, 3.8) is 0 Å². The first kappa shape index (κ1) is 22.7. The van der Waals surface area contributed by atoms with Gasteiger partial charge in [-0.2, -0.15) is 0 Å². The number of carbonyl (C=O) groups excluding carboxylic acids is 1. The van der Waals surface area contributed by atoms with Gasteiger partial charge in [-0.25, -0.2) is 0 Å². The Hall–Kier alpha value is -2.55. The van der Waals surface area contributed by atoms with Crippen LogP contribution in [0.5, 0.6) is 0 Å². The fraction of sp³-hybridized carbons (Fsp3) is 0.273. The van der Waals surface area contributed by atoms with E-state index in [1.54, 1.807) is 26.0 Å². The number of aliphatic imine (C=N–C) groups is 1. The number of halogens is 1. The number of carbonyl (C=O) groups is 1. The summed E-state index contributed by atoms with van der Waals surface area (Å²) in [5.74, 6) is 1.59. The van der Waals surface area contributed by atoms with Crippen molar-refractivity contribution < 1.29 is 9.21 Å². The molecule has 6 nitrogen and oxygen atoms in total. The number of hydrogen-bond acceptors (Lipinski definition) is 3. The normalized spacial score (nSPS) is 11.1. The molecule has 1 amide bonds. The van der Waals surface area contributed by atoms with Gasteiger partial charge in [0.15, 0.2) is 5.96 Å². The Balaban J connectivity index is 0.00000300. The monoisotopic (exact) mass is 506 g/mol. The van der Waals surface area contributed by atoms with Crippen molar-refractivity contribution in [3.8, 4) is 0 Å². The predicted octanol–water partition coefficient (Wildman–Crippen LogP) is 3.93. The van der Waals surface area contributed by atoms with E-state index >= 15 is 0 Å². The number of para-hydroxylation sites is 1. The van der Waals surface area contributed by atoms with Crippen LogP contribution < -0.4 is 10.6 Å². The topological polar surface area (TPSA) is 69.9 Å². The zero-order valence-corrected chi connectivity index (χ0v) is 19.5. The number of hydrogen-bond donors (Lipinski definition) is 2. The summed E-state index contributed by atoms with van der Waals surface area (Å²) >= 11 is 0. The number of furan rings is 1.